The van der Waals surface area contributed by atoms with Gasteiger partial charge in [-0.2, -0.15) is 4.68 Å². The molecule has 1 amide bonds. The smallest absolute Gasteiger partial charge is 0.350 e. The molecule has 2 aromatic heterocycles. The number of anilines is 1. The van der Waals surface area contributed by atoms with E-state index >= 15 is 4.39 Å². The van der Waals surface area contributed by atoms with Crippen LogP contribution in [0, 0.1) is 17.6 Å². The number of rotatable bonds is 11. The molecule has 3 heterocycles. The van der Waals surface area contributed by atoms with Crippen LogP contribution < -0.4 is 25.2 Å². The number of pyridine rings is 1. The first-order valence-electron chi connectivity index (χ1n) is 15.7. The van der Waals surface area contributed by atoms with Gasteiger partial charge in [-0.15, -0.1) is 5.10 Å². The highest BCUT2D eigenvalue weighted by molar-refractivity contribution is 6.01. The topological polar surface area (TPSA) is 113 Å². The Morgan fingerprint density at radius 2 is 1.75 bits per heavy atom. The average Bonchev–Trinajstić information content (AvgIpc) is 3.38. The quantitative estimate of drug-likeness (QED) is 0.173. The lowest BCUT2D eigenvalue weighted by molar-refractivity contribution is 0.101. The summed E-state index contributed by atoms with van der Waals surface area (Å²) in [5.41, 5.74) is 0.380. The van der Waals surface area contributed by atoms with Gasteiger partial charge < -0.3 is 24.4 Å². The zero-order chi connectivity index (χ0) is 33.8. The number of carbonyl (C=O) groups excluding carboxylic acids is 1. The van der Waals surface area contributed by atoms with Crippen LogP contribution in [-0.2, 0) is 7.05 Å². The lowest BCUT2D eigenvalue weighted by atomic mass is 9.99. The summed E-state index contributed by atoms with van der Waals surface area (Å²) in [5, 5.41) is 7.23. The van der Waals surface area contributed by atoms with E-state index in [1.807, 2.05) is 0 Å². The fraction of sp³-hybridized carbons (Fsp3) is 0.314. The first-order chi connectivity index (χ1) is 23.2. The minimum Gasteiger partial charge on any atom is -0.493 e. The molecule has 1 fully saturated rings. The lowest BCUT2D eigenvalue weighted by Crippen LogP contribution is -2.34. The number of aromatic nitrogens is 4. The second kappa shape index (κ2) is 14.2. The molecule has 0 aliphatic carbocycles. The molecule has 6 rings (SSSR count). The molecule has 48 heavy (non-hydrogen) atoms. The maximum atomic E-state index is 15.3. The molecule has 11 nitrogen and oxygen atoms in total. The number of ether oxygens (including phenoxy) is 3. The molecule has 0 unspecified atom stereocenters. The number of nitrogens with zero attached hydrogens (tertiary/aromatic N) is 5. The van der Waals surface area contributed by atoms with Crippen LogP contribution >= 0.6 is 0 Å². The second-order valence-electron chi connectivity index (χ2n) is 11.8. The van der Waals surface area contributed by atoms with Gasteiger partial charge in [-0.1, -0.05) is 6.92 Å². The Morgan fingerprint density at radius 1 is 0.979 bits per heavy atom. The van der Waals surface area contributed by atoms with Gasteiger partial charge in [0.1, 0.15) is 11.6 Å². The van der Waals surface area contributed by atoms with Crippen molar-refractivity contribution in [3.8, 4) is 28.7 Å². The molecule has 0 atom stereocenters. The van der Waals surface area contributed by atoms with Crippen molar-refractivity contribution in [1.29, 1.82) is 0 Å². The summed E-state index contributed by atoms with van der Waals surface area (Å²) in [5.74, 6) is -0.0520. The second-order valence-corrected chi connectivity index (χ2v) is 11.8. The number of fused-ring (bicyclic) bond motifs is 1. The molecular formula is C35H36F2N6O5. The molecule has 1 saturated heterocycles. The van der Waals surface area contributed by atoms with Gasteiger partial charge in [-0.25, -0.2) is 13.6 Å². The highest BCUT2D eigenvalue weighted by atomic mass is 19.1. The summed E-state index contributed by atoms with van der Waals surface area (Å²) in [6.45, 7) is 6.06. The summed E-state index contributed by atoms with van der Waals surface area (Å²) in [6, 6.07) is 14.2. The Morgan fingerprint density at radius 3 is 2.48 bits per heavy atom. The van der Waals surface area contributed by atoms with E-state index in [0.717, 1.165) is 47.3 Å². The largest absolute Gasteiger partial charge is 0.493 e. The van der Waals surface area contributed by atoms with E-state index in [4.69, 9.17) is 14.2 Å². The van der Waals surface area contributed by atoms with Crippen LogP contribution in [0.4, 0.5) is 14.5 Å². The van der Waals surface area contributed by atoms with Crippen LogP contribution in [0.1, 0.15) is 36.8 Å². The van der Waals surface area contributed by atoms with E-state index in [2.05, 4.69) is 27.2 Å². The predicted molar refractivity (Wildman–Crippen MR) is 176 cm³/mol. The molecule has 13 heteroatoms. The molecule has 0 radical (unpaired) electrons. The number of amides is 1. The number of halogens is 2. The molecule has 0 spiro atoms. The highest BCUT2D eigenvalue weighted by Gasteiger charge is 2.20. The summed E-state index contributed by atoms with van der Waals surface area (Å²) < 4.78 is 48.3. The van der Waals surface area contributed by atoms with Crippen molar-refractivity contribution >= 4 is 22.5 Å². The van der Waals surface area contributed by atoms with Crippen LogP contribution in [0.2, 0.25) is 0 Å². The maximum absolute atomic E-state index is 15.3. The molecule has 250 valence electrons. The van der Waals surface area contributed by atoms with E-state index in [9.17, 15) is 14.0 Å². The first-order valence-corrected chi connectivity index (χ1v) is 15.7. The molecule has 5 aromatic rings. The van der Waals surface area contributed by atoms with Crippen molar-refractivity contribution in [3.63, 3.8) is 0 Å². The van der Waals surface area contributed by atoms with Crippen LogP contribution in [0.3, 0.4) is 0 Å². The number of hydrogen-bond acceptors (Lipinski definition) is 8. The van der Waals surface area contributed by atoms with Gasteiger partial charge in [0.25, 0.3) is 5.91 Å². The van der Waals surface area contributed by atoms with Crippen molar-refractivity contribution in [2.24, 2.45) is 13.0 Å². The molecule has 3 aromatic carbocycles. The number of nitrogens with one attached hydrogen (secondary N) is 1. The van der Waals surface area contributed by atoms with Gasteiger partial charge in [0.2, 0.25) is 5.82 Å². The first kappa shape index (κ1) is 32.6. The summed E-state index contributed by atoms with van der Waals surface area (Å²) in [7, 11) is 2.93. The van der Waals surface area contributed by atoms with Crippen LogP contribution in [0.5, 0.6) is 23.0 Å². The number of methoxy groups -OCH3 is 1. The van der Waals surface area contributed by atoms with Crippen molar-refractivity contribution in [2.45, 2.75) is 26.2 Å². The van der Waals surface area contributed by atoms with Crippen molar-refractivity contribution < 1.29 is 27.8 Å². The van der Waals surface area contributed by atoms with Crippen molar-refractivity contribution in [3.05, 3.63) is 94.8 Å². The minimum absolute atomic E-state index is 0.0834. The molecule has 0 bridgehead atoms. The summed E-state index contributed by atoms with van der Waals surface area (Å²) >= 11 is 0. The highest BCUT2D eigenvalue weighted by Crippen LogP contribution is 2.38. The summed E-state index contributed by atoms with van der Waals surface area (Å²) in [6.07, 6.45) is 4.92. The van der Waals surface area contributed by atoms with Crippen LogP contribution in [-0.4, -0.2) is 63.5 Å². The van der Waals surface area contributed by atoms with Crippen molar-refractivity contribution in [1.82, 2.24) is 24.2 Å². The number of piperidine rings is 1. The third-order valence-electron chi connectivity index (χ3n) is 8.40. The standard InChI is InChI=1S/C35H36F2N6O5/c1-22-12-16-42(17-13-22)15-4-18-47-32-21-28-26(20-31(32)46-3)29(11-14-38-28)48-30-10-7-24(19-27(30)37)39-34(44)33-40-43(35(45)41(33)2)25-8-5-23(36)6-9-25/h5-11,14,19-22H,4,12-13,15-18H2,1-3H3,(H,39,44). The SMILES string of the molecule is COc1cc2c(Oc3ccc(NC(=O)c4nn(-c5ccc(F)cc5)c(=O)n4C)cc3F)ccnc2cc1OCCCN1CCC(C)CC1. The van der Waals surface area contributed by atoms with E-state index in [1.54, 1.807) is 31.5 Å². The third-order valence-corrected chi connectivity index (χ3v) is 8.40. The zero-order valence-electron chi connectivity index (χ0n) is 26.9. The van der Waals surface area contributed by atoms with Gasteiger partial charge >= 0.3 is 5.69 Å². The Kier molecular flexibility index (Phi) is 9.67. The number of hydrogen-bond donors (Lipinski definition) is 1. The molecular weight excluding hydrogens is 622 g/mol. The Labute approximate surface area is 275 Å². The fourth-order valence-corrected chi connectivity index (χ4v) is 5.60. The number of carbonyl (C=O) groups is 1. The number of benzene rings is 3. The molecule has 1 aliphatic heterocycles. The van der Waals surface area contributed by atoms with Gasteiger partial charge in [0.15, 0.2) is 23.1 Å². The molecule has 0 saturated carbocycles. The van der Waals surface area contributed by atoms with E-state index in [1.165, 1.54) is 56.3 Å². The van der Waals surface area contributed by atoms with Gasteiger partial charge in [-0.3, -0.25) is 14.3 Å². The van der Waals surface area contributed by atoms with Gasteiger partial charge in [0, 0.05) is 43.0 Å². The predicted octanol–water partition coefficient (Wildman–Crippen LogP) is 5.95. The lowest BCUT2D eigenvalue weighted by Gasteiger charge is -2.30. The van der Waals surface area contributed by atoms with Crippen LogP contribution in [0.25, 0.3) is 16.6 Å². The minimum atomic E-state index is -0.741. The monoisotopic (exact) mass is 658 g/mol. The maximum Gasteiger partial charge on any atom is 0.350 e. The average molecular weight is 659 g/mol. The third kappa shape index (κ3) is 7.15. The van der Waals surface area contributed by atoms with E-state index in [-0.39, 0.29) is 22.9 Å². The van der Waals surface area contributed by atoms with Gasteiger partial charge in [-0.05, 0) is 86.8 Å². The summed E-state index contributed by atoms with van der Waals surface area (Å²) in [4.78, 5) is 32.6. The van der Waals surface area contributed by atoms with Gasteiger partial charge in [0.05, 0.1) is 24.9 Å². The number of likely N-dealkylation sites (tertiary alicyclic amines) is 1. The van der Waals surface area contributed by atoms with Crippen molar-refractivity contribution in [2.75, 3.05) is 38.7 Å². The Hall–Kier alpha value is -5.30. The Bertz CT molecular complexity index is 1990. The zero-order valence-corrected chi connectivity index (χ0v) is 26.9. The molecule has 1 aliphatic rings. The normalized spacial score (nSPS) is 13.9. The molecule has 1 N–H and O–H groups in total. The Balaban J connectivity index is 1.13. The van der Waals surface area contributed by atoms with Crippen LogP contribution in [0.15, 0.2) is 71.7 Å². The van der Waals surface area contributed by atoms with E-state index < -0.39 is 23.2 Å². The van der Waals surface area contributed by atoms with E-state index in [0.29, 0.717) is 34.8 Å². The fourth-order valence-electron chi connectivity index (χ4n) is 5.60.